The van der Waals surface area contributed by atoms with Crippen LogP contribution in [0.15, 0.2) is 22.1 Å². The summed E-state index contributed by atoms with van der Waals surface area (Å²) in [4.78, 5) is 35.4. The fraction of sp³-hybridized carbons (Fsp3) is 0.526. The molecule has 7 nitrogen and oxygen atoms in total. The SMILES string of the molecule is Cc1nc(-c2cc(C(=O)N3CCC(N4CCN(C)CC4=O)CC3)co2)cs1. The molecular weight excluding hydrogens is 364 g/mol. The van der Waals surface area contributed by atoms with E-state index in [2.05, 4.69) is 9.88 Å². The number of rotatable bonds is 3. The number of thiazole rings is 1. The molecular formula is C19H24N4O3S. The van der Waals surface area contributed by atoms with Crippen molar-refractivity contribution in [2.24, 2.45) is 0 Å². The van der Waals surface area contributed by atoms with Gasteiger partial charge in [0.2, 0.25) is 5.91 Å². The molecule has 2 fully saturated rings. The van der Waals surface area contributed by atoms with Crippen molar-refractivity contribution in [3.63, 3.8) is 0 Å². The third-order valence-corrected chi connectivity index (χ3v) is 6.13. The van der Waals surface area contributed by atoms with Crippen LogP contribution in [0.4, 0.5) is 0 Å². The van der Waals surface area contributed by atoms with Crippen LogP contribution in [0, 0.1) is 6.92 Å². The zero-order chi connectivity index (χ0) is 19.0. The first-order valence-electron chi connectivity index (χ1n) is 9.29. The number of piperazine rings is 1. The number of aromatic nitrogens is 1. The van der Waals surface area contributed by atoms with Gasteiger partial charge in [0.1, 0.15) is 12.0 Å². The van der Waals surface area contributed by atoms with Gasteiger partial charge in [-0.05, 0) is 32.9 Å². The van der Waals surface area contributed by atoms with E-state index >= 15 is 0 Å². The maximum Gasteiger partial charge on any atom is 0.257 e. The van der Waals surface area contributed by atoms with E-state index in [4.69, 9.17) is 4.42 Å². The first-order chi connectivity index (χ1) is 13.0. The fourth-order valence-electron chi connectivity index (χ4n) is 3.81. The summed E-state index contributed by atoms with van der Waals surface area (Å²) in [7, 11) is 1.97. The van der Waals surface area contributed by atoms with E-state index in [-0.39, 0.29) is 17.9 Å². The predicted molar refractivity (Wildman–Crippen MR) is 103 cm³/mol. The second-order valence-corrected chi connectivity index (χ2v) is 8.36. The third kappa shape index (κ3) is 3.77. The number of likely N-dealkylation sites (tertiary alicyclic amines) is 1. The van der Waals surface area contributed by atoms with E-state index in [1.807, 2.05) is 29.2 Å². The lowest BCUT2D eigenvalue weighted by Gasteiger charge is -2.41. The van der Waals surface area contributed by atoms with E-state index < -0.39 is 0 Å². The molecule has 144 valence electrons. The maximum atomic E-state index is 12.8. The van der Waals surface area contributed by atoms with Gasteiger partial charge in [-0.3, -0.25) is 14.5 Å². The van der Waals surface area contributed by atoms with Gasteiger partial charge in [-0.15, -0.1) is 11.3 Å². The van der Waals surface area contributed by atoms with Gasteiger partial charge < -0.3 is 14.2 Å². The molecule has 2 amide bonds. The highest BCUT2D eigenvalue weighted by molar-refractivity contribution is 7.09. The van der Waals surface area contributed by atoms with Crippen molar-refractivity contribution in [3.05, 3.63) is 28.3 Å². The zero-order valence-corrected chi connectivity index (χ0v) is 16.5. The molecule has 0 spiro atoms. The van der Waals surface area contributed by atoms with Crippen molar-refractivity contribution < 1.29 is 14.0 Å². The molecule has 0 aliphatic carbocycles. The average molecular weight is 388 g/mol. The van der Waals surface area contributed by atoms with Crippen molar-refractivity contribution in [3.8, 4) is 11.5 Å². The van der Waals surface area contributed by atoms with Gasteiger partial charge in [0, 0.05) is 37.6 Å². The number of piperidine rings is 1. The Labute approximate surface area is 162 Å². The summed E-state index contributed by atoms with van der Waals surface area (Å²) >= 11 is 1.56. The lowest BCUT2D eigenvalue weighted by atomic mass is 10.0. The minimum Gasteiger partial charge on any atom is -0.462 e. The molecule has 2 aromatic rings. The molecule has 2 aliphatic rings. The number of aryl methyl sites for hydroxylation is 1. The highest BCUT2D eigenvalue weighted by atomic mass is 32.1. The van der Waals surface area contributed by atoms with Crippen LogP contribution in [0.25, 0.3) is 11.5 Å². The van der Waals surface area contributed by atoms with E-state index in [9.17, 15) is 9.59 Å². The molecule has 0 aromatic carbocycles. The molecule has 2 saturated heterocycles. The van der Waals surface area contributed by atoms with E-state index in [1.54, 1.807) is 17.4 Å². The summed E-state index contributed by atoms with van der Waals surface area (Å²) in [6, 6.07) is 2.01. The Morgan fingerprint density at radius 2 is 2.04 bits per heavy atom. The predicted octanol–water partition coefficient (Wildman–Crippen LogP) is 2.09. The van der Waals surface area contributed by atoms with Gasteiger partial charge in [-0.2, -0.15) is 0 Å². The van der Waals surface area contributed by atoms with Crippen LogP contribution in [0.2, 0.25) is 0 Å². The van der Waals surface area contributed by atoms with Crippen molar-refractivity contribution in [1.82, 2.24) is 19.7 Å². The molecule has 0 N–H and O–H groups in total. The highest BCUT2D eigenvalue weighted by Gasteiger charge is 2.32. The molecule has 4 rings (SSSR count). The molecule has 27 heavy (non-hydrogen) atoms. The number of hydrogen-bond acceptors (Lipinski definition) is 6. The molecule has 8 heteroatoms. The molecule has 0 saturated carbocycles. The topological polar surface area (TPSA) is 69.9 Å². The van der Waals surface area contributed by atoms with Crippen LogP contribution in [0.5, 0.6) is 0 Å². The quantitative estimate of drug-likeness (QED) is 0.805. The number of carbonyl (C=O) groups is 2. The second-order valence-electron chi connectivity index (χ2n) is 7.30. The van der Waals surface area contributed by atoms with E-state index in [0.29, 0.717) is 31.0 Å². The van der Waals surface area contributed by atoms with Crippen molar-refractivity contribution >= 4 is 23.2 Å². The van der Waals surface area contributed by atoms with E-state index in [0.717, 1.165) is 36.6 Å². The van der Waals surface area contributed by atoms with Gasteiger partial charge in [-0.25, -0.2) is 4.98 Å². The number of amides is 2. The maximum absolute atomic E-state index is 12.8. The number of likely N-dealkylation sites (N-methyl/N-ethyl adjacent to an activating group) is 1. The normalized spacial score (nSPS) is 19.7. The Kier molecular flexibility index (Phi) is 5.01. The van der Waals surface area contributed by atoms with Crippen molar-refractivity contribution in [2.45, 2.75) is 25.8 Å². The first-order valence-corrected chi connectivity index (χ1v) is 10.2. The number of furan rings is 1. The number of nitrogens with zero attached hydrogens (tertiary/aromatic N) is 4. The standard InChI is InChI=1S/C19H24N4O3S/c1-13-20-16(12-27-13)17-9-14(11-26-17)19(25)22-5-3-15(4-6-22)23-8-7-21(2)10-18(23)24/h9,11-12,15H,3-8,10H2,1-2H3. The fourth-order valence-corrected chi connectivity index (χ4v) is 4.41. The summed E-state index contributed by atoms with van der Waals surface area (Å²) in [6.45, 7) is 5.47. The van der Waals surface area contributed by atoms with Gasteiger partial charge in [0.05, 0.1) is 17.1 Å². The number of hydrogen-bond donors (Lipinski definition) is 0. The van der Waals surface area contributed by atoms with E-state index in [1.165, 1.54) is 6.26 Å². The molecule has 0 atom stereocenters. The van der Waals surface area contributed by atoms with Gasteiger partial charge in [-0.1, -0.05) is 0 Å². The Hall–Kier alpha value is -2.19. The Balaban J connectivity index is 1.36. The van der Waals surface area contributed by atoms with Crippen LogP contribution in [0.1, 0.15) is 28.2 Å². The summed E-state index contributed by atoms with van der Waals surface area (Å²) in [5.41, 5.74) is 1.33. The third-order valence-electron chi connectivity index (χ3n) is 5.36. The van der Waals surface area contributed by atoms with Crippen molar-refractivity contribution in [2.75, 3.05) is 39.8 Å². The van der Waals surface area contributed by atoms with Gasteiger partial charge in [0.15, 0.2) is 5.76 Å². The van der Waals surface area contributed by atoms with Crippen LogP contribution in [0.3, 0.4) is 0 Å². The largest absolute Gasteiger partial charge is 0.462 e. The first kappa shape index (κ1) is 18.2. The van der Waals surface area contributed by atoms with Crippen LogP contribution in [-0.2, 0) is 4.79 Å². The van der Waals surface area contributed by atoms with Gasteiger partial charge >= 0.3 is 0 Å². The lowest BCUT2D eigenvalue weighted by molar-refractivity contribution is -0.138. The highest BCUT2D eigenvalue weighted by Crippen LogP contribution is 2.26. The molecule has 2 aromatic heterocycles. The molecule has 0 unspecified atom stereocenters. The Bertz CT molecular complexity index is 838. The van der Waals surface area contributed by atoms with Crippen LogP contribution >= 0.6 is 11.3 Å². The number of carbonyl (C=O) groups excluding carboxylic acids is 2. The van der Waals surface area contributed by atoms with Crippen molar-refractivity contribution in [1.29, 1.82) is 0 Å². The minimum absolute atomic E-state index is 0.0138. The Morgan fingerprint density at radius 3 is 2.70 bits per heavy atom. The lowest BCUT2D eigenvalue weighted by Crippen LogP contribution is -2.55. The van der Waals surface area contributed by atoms with Gasteiger partial charge in [0.25, 0.3) is 5.91 Å². The zero-order valence-electron chi connectivity index (χ0n) is 15.7. The average Bonchev–Trinajstić information content (AvgIpc) is 3.30. The summed E-state index contributed by atoms with van der Waals surface area (Å²) < 4.78 is 5.56. The summed E-state index contributed by atoms with van der Waals surface area (Å²) in [5.74, 6) is 0.812. The second kappa shape index (κ2) is 7.44. The molecule has 4 heterocycles. The Morgan fingerprint density at radius 1 is 1.26 bits per heavy atom. The molecule has 0 bridgehead atoms. The summed E-state index contributed by atoms with van der Waals surface area (Å²) in [6.07, 6.45) is 3.18. The summed E-state index contributed by atoms with van der Waals surface area (Å²) in [5, 5.41) is 2.90. The smallest absolute Gasteiger partial charge is 0.257 e. The molecule has 0 radical (unpaired) electrons. The minimum atomic E-state index is -0.0138. The monoisotopic (exact) mass is 388 g/mol. The van der Waals surface area contributed by atoms with Crippen LogP contribution < -0.4 is 0 Å². The van der Waals surface area contributed by atoms with Crippen LogP contribution in [-0.4, -0.2) is 77.3 Å². The molecule has 2 aliphatic heterocycles.